The van der Waals surface area contributed by atoms with Crippen LogP contribution >= 0.6 is 0 Å². The van der Waals surface area contributed by atoms with Gasteiger partial charge in [-0.05, 0) is 87.2 Å². The number of hydrogen-bond donors (Lipinski definition) is 2. The van der Waals surface area contributed by atoms with Crippen molar-refractivity contribution in [3.05, 3.63) is 89.0 Å². The van der Waals surface area contributed by atoms with E-state index in [9.17, 15) is 18.0 Å². The summed E-state index contributed by atoms with van der Waals surface area (Å²) < 4.78 is 39.3. The normalized spacial score (nSPS) is 15.0. The molecule has 2 amide bonds. The van der Waals surface area contributed by atoms with Gasteiger partial charge in [0.05, 0.1) is 22.9 Å². The highest BCUT2D eigenvalue weighted by atomic mass is 32.2. The molecule has 0 radical (unpaired) electrons. The van der Waals surface area contributed by atoms with Gasteiger partial charge in [-0.3, -0.25) is 13.9 Å². The summed E-state index contributed by atoms with van der Waals surface area (Å²) in [4.78, 5) is 25.0. The molecule has 1 atom stereocenters. The molecule has 10 nitrogen and oxygen atoms in total. The number of rotatable bonds is 12. The van der Waals surface area contributed by atoms with Crippen LogP contribution in [0.25, 0.3) is 0 Å². The predicted octanol–water partition coefficient (Wildman–Crippen LogP) is 3.63. The maximum Gasteiger partial charge on any atom is 0.264 e. The Bertz CT molecular complexity index is 1520. The molecule has 0 aliphatic carbocycles. The lowest BCUT2D eigenvalue weighted by Crippen LogP contribution is -2.40. The average molecular weight is 593 g/mol. The van der Waals surface area contributed by atoms with Crippen LogP contribution in [0.15, 0.2) is 76.7 Å². The van der Waals surface area contributed by atoms with Gasteiger partial charge in [-0.1, -0.05) is 35.4 Å². The Morgan fingerprint density at radius 1 is 1.00 bits per heavy atom. The van der Waals surface area contributed by atoms with Crippen molar-refractivity contribution in [1.29, 1.82) is 0 Å². The predicted molar refractivity (Wildman–Crippen MR) is 161 cm³/mol. The zero-order valence-electron chi connectivity index (χ0n) is 24.0. The number of ether oxygens (including phenoxy) is 2. The van der Waals surface area contributed by atoms with Gasteiger partial charge in [0.2, 0.25) is 0 Å². The fourth-order valence-electron chi connectivity index (χ4n) is 4.45. The summed E-state index contributed by atoms with van der Waals surface area (Å²) in [5, 5.41) is 6.80. The number of hydrogen-bond acceptors (Lipinski definition) is 7. The molecule has 1 heterocycles. The average Bonchev–Trinajstić information content (AvgIpc) is 3.49. The Hall–Kier alpha value is -4.22. The number of aryl methyl sites for hydroxylation is 3. The standard InChI is InChI=1S/C31H36N4O6S/c1-22-6-13-28(14-7-22)42(38,39)35(29-15-8-23(2)17-24(29)3)20-30(36)34-33-18-25-9-11-26(12-10-25)41-21-31(37)32-19-27-5-4-16-40-27/h6-15,17-18,27H,4-5,16,19-21H2,1-3H3,(H,32,37)(H,34,36)/b33-18-/t27-/m1/s1. The van der Waals surface area contributed by atoms with Gasteiger partial charge >= 0.3 is 0 Å². The first-order valence-electron chi connectivity index (χ1n) is 13.7. The second kappa shape index (κ2) is 14.1. The third-order valence-corrected chi connectivity index (χ3v) is 8.49. The van der Waals surface area contributed by atoms with E-state index in [-0.39, 0.29) is 23.5 Å². The monoisotopic (exact) mass is 592 g/mol. The van der Waals surface area contributed by atoms with E-state index in [0.29, 0.717) is 23.5 Å². The number of carbonyl (C=O) groups is 2. The van der Waals surface area contributed by atoms with Gasteiger partial charge in [0.15, 0.2) is 6.61 Å². The Morgan fingerprint density at radius 3 is 2.38 bits per heavy atom. The van der Waals surface area contributed by atoms with Crippen molar-refractivity contribution in [3.8, 4) is 5.75 Å². The van der Waals surface area contributed by atoms with Crippen LogP contribution in [0.1, 0.15) is 35.1 Å². The summed E-state index contributed by atoms with van der Waals surface area (Å²) in [6.07, 6.45) is 3.46. The molecule has 2 N–H and O–H groups in total. The van der Waals surface area contributed by atoms with Crippen molar-refractivity contribution in [2.75, 3.05) is 30.6 Å². The molecule has 3 aromatic carbocycles. The summed E-state index contributed by atoms with van der Waals surface area (Å²) in [5.74, 6) is -0.317. The van der Waals surface area contributed by atoms with E-state index in [1.165, 1.54) is 18.3 Å². The number of hydrazone groups is 1. The minimum Gasteiger partial charge on any atom is -0.484 e. The molecule has 3 aromatic rings. The largest absolute Gasteiger partial charge is 0.484 e. The van der Waals surface area contributed by atoms with Crippen LogP contribution in [0.4, 0.5) is 5.69 Å². The molecule has 0 aromatic heterocycles. The van der Waals surface area contributed by atoms with Crippen molar-refractivity contribution in [3.63, 3.8) is 0 Å². The molecule has 4 rings (SSSR count). The van der Waals surface area contributed by atoms with Gasteiger partial charge in [-0.25, -0.2) is 13.8 Å². The number of benzene rings is 3. The quantitative estimate of drug-likeness (QED) is 0.244. The fraction of sp³-hybridized carbons (Fsp3) is 0.323. The van der Waals surface area contributed by atoms with E-state index < -0.39 is 22.5 Å². The molecule has 1 aliphatic rings. The number of nitrogens with one attached hydrogen (secondary N) is 2. The van der Waals surface area contributed by atoms with Crippen LogP contribution in [0.5, 0.6) is 5.75 Å². The zero-order valence-corrected chi connectivity index (χ0v) is 24.8. The summed E-state index contributed by atoms with van der Waals surface area (Å²) in [6, 6.07) is 18.7. The third kappa shape index (κ3) is 8.40. The first kappa shape index (κ1) is 30.7. The maximum absolute atomic E-state index is 13.6. The first-order chi connectivity index (χ1) is 20.1. The van der Waals surface area contributed by atoms with Crippen molar-refractivity contribution in [2.24, 2.45) is 5.10 Å². The summed E-state index contributed by atoms with van der Waals surface area (Å²) in [7, 11) is -4.03. The maximum atomic E-state index is 13.6. The molecule has 42 heavy (non-hydrogen) atoms. The topological polar surface area (TPSA) is 126 Å². The second-order valence-corrected chi connectivity index (χ2v) is 12.1. The molecule has 0 spiro atoms. The smallest absolute Gasteiger partial charge is 0.264 e. The van der Waals surface area contributed by atoms with E-state index >= 15 is 0 Å². The molecule has 1 aliphatic heterocycles. The van der Waals surface area contributed by atoms with E-state index in [4.69, 9.17) is 9.47 Å². The minimum atomic E-state index is -4.03. The molecule has 1 fully saturated rings. The van der Waals surface area contributed by atoms with Crippen molar-refractivity contribution >= 4 is 33.7 Å². The van der Waals surface area contributed by atoms with E-state index in [0.717, 1.165) is 40.4 Å². The minimum absolute atomic E-state index is 0.0698. The second-order valence-electron chi connectivity index (χ2n) is 10.2. The molecule has 0 unspecified atom stereocenters. The van der Waals surface area contributed by atoms with Gasteiger partial charge < -0.3 is 14.8 Å². The summed E-state index contributed by atoms with van der Waals surface area (Å²) in [5.41, 5.74) is 6.13. The Kier molecular flexibility index (Phi) is 10.3. The lowest BCUT2D eigenvalue weighted by molar-refractivity contribution is -0.123. The van der Waals surface area contributed by atoms with Crippen LogP contribution in [0.3, 0.4) is 0 Å². The number of amides is 2. The summed E-state index contributed by atoms with van der Waals surface area (Å²) >= 11 is 0. The van der Waals surface area contributed by atoms with E-state index in [1.807, 2.05) is 19.9 Å². The SMILES string of the molecule is Cc1ccc(S(=O)(=O)N(CC(=O)N/N=C\c2ccc(OCC(=O)NC[C@H]3CCCO3)cc2)c2ccc(C)cc2C)cc1. The lowest BCUT2D eigenvalue weighted by Gasteiger charge is -2.25. The number of anilines is 1. The highest BCUT2D eigenvalue weighted by molar-refractivity contribution is 7.92. The van der Waals surface area contributed by atoms with Crippen LogP contribution in [0, 0.1) is 20.8 Å². The number of carbonyl (C=O) groups excluding carboxylic acids is 2. The Morgan fingerprint density at radius 2 is 1.71 bits per heavy atom. The molecule has 1 saturated heterocycles. The van der Waals surface area contributed by atoms with Crippen LogP contribution in [0.2, 0.25) is 0 Å². The van der Waals surface area contributed by atoms with Gasteiger partial charge in [0.25, 0.3) is 21.8 Å². The molecular formula is C31H36N4O6S. The van der Waals surface area contributed by atoms with E-state index in [2.05, 4.69) is 15.8 Å². The Balaban J connectivity index is 1.35. The number of sulfonamides is 1. The van der Waals surface area contributed by atoms with Gasteiger partial charge in [-0.15, -0.1) is 0 Å². The molecule has 0 saturated carbocycles. The van der Waals surface area contributed by atoms with Crippen molar-refractivity contribution < 1.29 is 27.5 Å². The first-order valence-corrected chi connectivity index (χ1v) is 15.2. The fourth-order valence-corrected chi connectivity index (χ4v) is 5.94. The van der Waals surface area contributed by atoms with E-state index in [1.54, 1.807) is 55.5 Å². The Labute approximate surface area is 246 Å². The number of nitrogens with zero attached hydrogens (tertiary/aromatic N) is 2. The molecule has 11 heteroatoms. The van der Waals surface area contributed by atoms with Gasteiger partial charge in [0, 0.05) is 13.2 Å². The van der Waals surface area contributed by atoms with Crippen LogP contribution in [-0.2, 0) is 24.3 Å². The van der Waals surface area contributed by atoms with Crippen molar-refractivity contribution in [1.82, 2.24) is 10.7 Å². The highest BCUT2D eigenvalue weighted by Crippen LogP contribution is 2.27. The van der Waals surface area contributed by atoms with Gasteiger partial charge in [0.1, 0.15) is 12.3 Å². The van der Waals surface area contributed by atoms with Crippen LogP contribution in [-0.4, -0.2) is 58.9 Å². The van der Waals surface area contributed by atoms with Crippen LogP contribution < -0.4 is 19.8 Å². The summed E-state index contributed by atoms with van der Waals surface area (Å²) in [6.45, 7) is 6.23. The molecular weight excluding hydrogens is 556 g/mol. The highest BCUT2D eigenvalue weighted by Gasteiger charge is 2.28. The van der Waals surface area contributed by atoms with Crippen molar-refractivity contribution in [2.45, 2.75) is 44.6 Å². The zero-order chi connectivity index (χ0) is 30.1. The third-order valence-electron chi connectivity index (χ3n) is 6.72. The lowest BCUT2D eigenvalue weighted by atomic mass is 10.1. The van der Waals surface area contributed by atoms with Gasteiger partial charge in [-0.2, -0.15) is 5.10 Å². The molecule has 222 valence electrons. The molecule has 0 bridgehead atoms.